The number of alkyl halides is 3. The third kappa shape index (κ3) is 22.6. The normalized spacial score (nSPS) is 26.2. The zero-order valence-corrected chi connectivity index (χ0v) is 52.3. The van der Waals surface area contributed by atoms with Crippen LogP contribution in [0, 0.1) is 0 Å². The predicted octanol–water partition coefficient (Wildman–Crippen LogP) is 4.54. The maximum Gasteiger partial charge on any atom is 0.407 e. The number of carbonyl (C=O) groups is 11. The Morgan fingerprint density at radius 3 is 1.31 bits per heavy atom. The zero-order chi connectivity index (χ0) is 66.7. The summed E-state index contributed by atoms with van der Waals surface area (Å²) in [7, 11) is 0. The summed E-state index contributed by atoms with van der Waals surface area (Å²) >= 11 is 18.0. The Morgan fingerprint density at radius 1 is 0.396 bits per heavy atom. The number of halogens is 3. The minimum atomic E-state index is -2.25. The third-order valence-corrected chi connectivity index (χ3v) is 13.3. The summed E-state index contributed by atoms with van der Waals surface area (Å²) in [4.78, 5) is 144. The standard InChI is InChI=1S/C59H66Cl3NO28/c1-29(64)75-23-37-19-21-38(22-20-37)24-79-56-51(89-54(73)40-17-13-10-14-18-40)50(47(82-33(5)68)43(87-56)27-78-53(72)39-15-11-9-12-16-39)91-55-44(63-58(74)80-28-59(60,61)62)48(83-34(6)69)45(41(86-55)25-76-30(2)65)90-57-52(85-36(8)71)49(84-35(7)70)46(81-32(4)67)42(88-57)26-77-31(3)66/h9-22,41-52,55-57H,23-28H2,1-8H3,(H,63,74)/t41-,42-,43-,44-,45-,46+,47+,48-,49+,50+,51-,52-,55+,56-,57+/m1/s1. The van der Waals surface area contributed by atoms with Crippen molar-refractivity contribution in [2.45, 2.75) is 164 Å². The molecule has 0 unspecified atom stereocenters. The van der Waals surface area contributed by atoms with Crippen LogP contribution in [0.2, 0.25) is 0 Å². The summed E-state index contributed by atoms with van der Waals surface area (Å²) in [6.07, 6.45) is -28.2. The van der Waals surface area contributed by atoms with E-state index in [9.17, 15) is 52.7 Å². The first-order valence-electron chi connectivity index (χ1n) is 27.8. The molecule has 0 spiro atoms. The topological polar surface area (TPSA) is 357 Å². The molecule has 29 nitrogen and oxygen atoms in total. The van der Waals surface area contributed by atoms with Crippen LogP contribution in [0.25, 0.3) is 0 Å². The van der Waals surface area contributed by atoms with Crippen molar-refractivity contribution in [1.29, 1.82) is 0 Å². The van der Waals surface area contributed by atoms with Gasteiger partial charge in [0.2, 0.25) is 3.79 Å². The van der Waals surface area contributed by atoms with Gasteiger partial charge in [0.15, 0.2) is 55.5 Å². The number of nitrogens with one attached hydrogen (secondary N) is 1. The second-order valence-corrected chi connectivity index (χ2v) is 22.8. The van der Waals surface area contributed by atoms with Crippen LogP contribution in [0.5, 0.6) is 0 Å². The van der Waals surface area contributed by atoms with Gasteiger partial charge in [-0.05, 0) is 35.4 Å². The predicted molar refractivity (Wildman–Crippen MR) is 304 cm³/mol. The minimum absolute atomic E-state index is 0.0463. The molecule has 3 saturated heterocycles. The molecule has 32 heteroatoms. The number of rotatable bonds is 25. The molecule has 15 atom stereocenters. The van der Waals surface area contributed by atoms with E-state index in [4.69, 9.17) is 115 Å². The van der Waals surface area contributed by atoms with Gasteiger partial charge in [0, 0.05) is 55.4 Å². The largest absolute Gasteiger partial charge is 0.463 e. The Balaban J connectivity index is 1.56. The molecule has 3 heterocycles. The number of carbonyl (C=O) groups excluding carboxylic acids is 11. The van der Waals surface area contributed by atoms with Gasteiger partial charge in [0.25, 0.3) is 0 Å². The Labute approximate surface area is 535 Å². The van der Waals surface area contributed by atoms with E-state index < -0.39 is 188 Å². The van der Waals surface area contributed by atoms with E-state index in [2.05, 4.69) is 5.32 Å². The highest BCUT2D eigenvalue weighted by molar-refractivity contribution is 6.67. The second-order valence-electron chi connectivity index (χ2n) is 20.3. The number of hydrogen-bond acceptors (Lipinski definition) is 28. The van der Waals surface area contributed by atoms with E-state index in [-0.39, 0.29) is 24.3 Å². The first kappa shape index (κ1) is 72.3. The van der Waals surface area contributed by atoms with Crippen molar-refractivity contribution in [2.24, 2.45) is 0 Å². The highest BCUT2D eigenvalue weighted by Gasteiger charge is 2.60. The smallest absolute Gasteiger partial charge is 0.407 e. The Kier molecular flexibility index (Phi) is 27.1. The molecule has 3 aliphatic rings. The molecule has 3 aliphatic heterocycles. The van der Waals surface area contributed by atoms with Crippen LogP contribution in [0.4, 0.5) is 4.79 Å². The molecule has 0 aliphatic carbocycles. The Morgan fingerprint density at radius 2 is 0.802 bits per heavy atom. The summed E-state index contributed by atoms with van der Waals surface area (Å²) in [5.74, 6) is -9.53. The summed E-state index contributed by atoms with van der Waals surface area (Å²) in [5.41, 5.74) is 1.09. The quantitative estimate of drug-likeness (QED) is 0.0691. The summed E-state index contributed by atoms with van der Waals surface area (Å²) in [5, 5.41) is 2.43. The lowest BCUT2D eigenvalue weighted by Crippen LogP contribution is -2.71. The summed E-state index contributed by atoms with van der Waals surface area (Å²) in [6, 6.07) is 19.6. The first-order chi connectivity index (χ1) is 43.0. The highest BCUT2D eigenvalue weighted by Crippen LogP contribution is 2.38. The fourth-order valence-corrected chi connectivity index (χ4v) is 9.54. The van der Waals surface area contributed by atoms with Gasteiger partial charge in [-0.25, -0.2) is 14.4 Å². The lowest BCUT2D eigenvalue weighted by atomic mass is 9.94. The molecular formula is C59H66Cl3NO28. The molecule has 91 heavy (non-hydrogen) atoms. The van der Waals surface area contributed by atoms with Gasteiger partial charge < -0.3 is 85.8 Å². The average molecular weight is 1340 g/mol. The van der Waals surface area contributed by atoms with Gasteiger partial charge in [0.1, 0.15) is 69.6 Å². The van der Waals surface area contributed by atoms with Crippen molar-refractivity contribution in [2.75, 3.05) is 26.4 Å². The van der Waals surface area contributed by atoms with Crippen LogP contribution in [0.1, 0.15) is 87.2 Å². The number of ether oxygens (including phenoxy) is 17. The number of hydrogen-bond donors (Lipinski definition) is 1. The fourth-order valence-electron chi connectivity index (χ4n) is 9.37. The minimum Gasteiger partial charge on any atom is -0.463 e. The summed E-state index contributed by atoms with van der Waals surface area (Å²) < 4.78 is 98.6. The number of alkyl carbamates (subject to hydrolysis) is 1. The third-order valence-electron chi connectivity index (χ3n) is 13.0. The molecule has 0 bridgehead atoms. The SMILES string of the molecule is CC(=O)OCc1ccc(CO[C@@H]2O[C@H](COC(=O)c3ccccc3)[C@H](OC(C)=O)[C@H](O[C@@H]3O[C@H](COC(C)=O)[C@@H](O[C@@H]4O[C@H](COC(C)=O)[C@H](OC(C)=O)[C@H](OC(C)=O)[C@H]4OC(C)=O)[C@H](OC(C)=O)[C@H]3NC(=O)OCC(Cl)(Cl)Cl)[C@H]2OC(=O)c2ccccc2)cc1. The van der Waals surface area contributed by atoms with Crippen molar-refractivity contribution in [3.8, 4) is 0 Å². The zero-order valence-electron chi connectivity index (χ0n) is 50.1. The van der Waals surface area contributed by atoms with Crippen LogP contribution in [0.15, 0.2) is 84.9 Å². The number of benzene rings is 3. The van der Waals surface area contributed by atoms with E-state index in [0.717, 1.165) is 48.5 Å². The molecule has 1 N–H and O–H groups in total. The van der Waals surface area contributed by atoms with Crippen molar-refractivity contribution < 1.29 is 133 Å². The van der Waals surface area contributed by atoms with Gasteiger partial charge in [-0.3, -0.25) is 38.4 Å². The van der Waals surface area contributed by atoms with Gasteiger partial charge in [0.05, 0.1) is 17.7 Å². The molecule has 6 rings (SSSR count). The molecular weight excluding hydrogens is 1280 g/mol. The highest BCUT2D eigenvalue weighted by atomic mass is 35.6. The van der Waals surface area contributed by atoms with Crippen molar-refractivity contribution in [3.63, 3.8) is 0 Å². The van der Waals surface area contributed by atoms with Crippen LogP contribution in [-0.2, 0) is 132 Å². The van der Waals surface area contributed by atoms with Crippen LogP contribution in [-0.4, -0.2) is 188 Å². The molecule has 0 radical (unpaired) electrons. The number of esters is 10. The van der Waals surface area contributed by atoms with Crippen molar-refractivity contribution in [3.05, 3.63) is 107 Å². The van der Waals surface area contributed by atoms with E-state index in [1.807, 2.05) is 0 Å². The second kappa shape index (κ2) is 34.1. The van der Waals surface area contributed by atoms with E-state index in [0.29, 0.717) is 11.1 Å². The monoisotopic (exact) mass is 1340 g/mol. The molecule has 1 amide bonds. The maximum absolute atomic E-state index is 14.4. The van der Waals surface area contributed by atoms with Crippen LogP contribution < -0.4 is 5.32 Å². The van der Waals surface area contributed by atoms with Gasteiger partial charge in [-0.2, -0.15) is 0 Å². The molecule has 3 fully saturated rings. The fraction of sp³-hybridized carbons (Fsp3) is 0.508. The van der Waals surface area contributed by atoms with Crippen LogP contribution >= 0.6 is 34.8 Å². The molecule has 3 aromatic carbocycles. The lowest BCUT2D eigenvalue weighted by Gasteiger charge is -2.50. The first-order valence-corrected chi connectivity index (χ1v) is 28.9. The molecule has 0 aromatic heterocycles. The molecule has 0 saturated carbocycles. The van der Waals surface area contributed by atoms with Crippen LogP contribution in [0.3, 0.4) is 0 Å². The van der Waals surface area contributed by atoms with Gasteiger partial charge in [-0.15, -0.1) is 0 Å². The maximum atomic E-state index is 14.4. The molecule has 496 valence electrons. The summed E-state index contributed by atoms with van der Waals surface area (Å²) in [6.45, 7) is 4.31. The van der Waals surface area contributed by atoms with Gasteiger partial charge >= 0.3 is 65.8 Å². The van der Waals surface area contributed by atoms with E-state index in [1.165, 1.54) is 43.3 Å². The van der Waals surface area contributed by atoms with E-state index in [1.54, 1.807) is 48.5 Å². The van der Waals surface area contributed by atoms with Crippen molar-refractivity contribution in [1.82, 2.24) is 5.32 Å². The van der Waals surface area contributed by atoms with E-state index >= 15 is 0 Å². The average Bonchev–Trinajstić information content (AvgIpc) is 0.788. The molecule has 3 aromatic rings. The number of amides is 1. The Bertz CT molecular complexity index is 3020. The van der Waals surface area contributed by atoms with Crippen molar-refractivity contribution >= 4 is 101 Å². The lowest BCUT2D eigenvalue weighted by molar-refractivity contribution is -0.368. The Hall–Kier alpha value is -7.74. The van der Waals surface area contributed by atoms with Gasteiger partial charge in [-0.1, -0.05) is 95.5 Å².